The van der Waals surface area contributed by atoms with Crippen molar-refractivity contribution < 1.29 is 50.6 Å². The number of rotatable bonds is 8. The van der Waals surface area contributed by atoms with Gasteiger partial charge in [-0.05, 0) is 76.3 Å². The molecule has 2 saturated carbocycles. The zero-order valence-corrected chi connectivity index (χ0v) is 35.7. The Kier molecular flexibility index (Phi) is 12.8. The summed E-state index contributed by atoms with van der Waals surface area (Å²) in [7, 11) is -2.79. The highest BCUT2D eigenvalue weighted by molar-refractivity contribution is 7.91. The van der Waals surface area contributed by atoms with Crippen LogP contribution >= 0.6 is 0 Å². The number of amides is 4. The minimum Gasteiger partial charge on any atom is -0.497 e. The molecule has 0 spiro atoms. The Morgan fingerprint density at radius 3 is 2.43 bits per heavy atom. The van der Waals surface area contributed by atoms with Crippen LogP contribution in [-0.4, -0.2) is 102 Å². The van der Waals surface area contributed by atoms with Crippen LogP contribution in [0.1, 0.15) is 105 Å². The molecule has 0 radical (unpaired) electrons. The van der Waals surface area contributed by atoms with E-state index in [4.69, 9.17) is 24.2 Å². The first kappa shape index (κ1) is 44.7. The fourth-order valence-electron chi connectivity index (χ4n) is 8.09. The van der Waals surface area contributed by atoms with Gasteiger partial charge in [0.05, 0.1) is 41.4 Å². The summed E-state index contributed by atoms with van der Waals surface area (Å²) in [4.78, 5) is 67.4. The van der Waals surface area contributed by atoms with E-state index in [-0.39, 0.29) is 31.7 Å². The Balaban J connectivity index is 1.43. The van der Waals surface area contributed by atoms with Gasteiger partial charge in [0.25, 0.3) is 5.91 Å². The standard InChI is InChI=1S/C41H55F2N7O9S/c1-23-12-10-8-7-9-11-13-28-35(46-29-20-24(57-6)14-15-27(29)45-28)59-30-22-50(36(52)32(39(2,3)4)47-38(54)58-23)31(25(30)16-19-44)34(51)48-41(21-26(41)33(42)43)37(53)49-60(55,56)40(5)17-18-40/h14-15,20,23,25-26,30-33H,7-13,16-18,21-22H2,1-6H3,(H,47,54)(H,48,51)(H,49,53)/t23-,25-,26+,30+,31+,32-,41-/m1/s1. The van der Waals surface area contributed by atoms with Gasteiger partial charge in [-0.1, -0.05) is 40.0 Å². The lowest BCUT2D eigenvalue weighted by atomic mass is 9.85. The molecule has 6 rings (SSSR count). The molecule has 1 aromatic carbocycles. The maximum atomic E-state index is 14.9. The van der Waals surface area contributed by atoms with Crippen LogP contribution in [0.25, 0.3) is 11.0 Å². The number of sulfonamides is 1. The van der Waals surface area contributed by atoms with E-state index in [9.17, 15) is 41.6 Å². The van der Waals surface area contributed by atoms with Crippen LogP contribution in [0.2, 0.25) is 0 Å². The summed E-state index contributed by atoms with van der Waals surface area (Å²) in [6.07, 6.45) is -0.775. The lowest BCUT2D eigenvalue weighted by Crippen LogP contribution is -2.61. The van der Waals surface area contributed by atoms with Gasteiger partial charge in [0, 0.05) is 18.4 Å². The molecule has 2 bridgehead atoms. The molecule has 3 fully saturated rings. The van der Waals surface area contributed by atoms with Crippen LogP contribution in [0.4, 0.5) is 13.6 Å². The number of nitrogens with one attached hydrogen (secondary N) is 3. The lowest BCUT2D eigenvalue weighted by Gasteiger charge is -2.36. The van der Waals surface area contributed by atoms with Crippen LogP contribution in [0.15, 0.2) is 18.2 Å². The predicted molar refractivity (Wildman–Crippen MR) is 213 cm³/mol. The molecular weight excluding hydrogens is 805 g/mol. The number of carbonyl (C=O) groups is 4. The largest absolute Gasteiger partial charge is 0.497 e. The van der Waals surface area contributed by atoms with Gasteiger partial charge in [0.2, 0.25) is 34.1 Å². The fourth-order valence-corrected chi connectivity index (χ4v) is 9.40. The van der Waals surface area contributed by atoms with Crippen molar-refractivity contribution in [2.45, 2.75) is 146 Å². The number of methoxy groups -OCH3 is 1. The molecule has 60 heavy (non-hydrogen) atoms. The first-order valence-electron chi connectivity index (χ1n) is 20.6. The summed E-state index contributed by atoms with van der Waals surface area (Å²) in [6.45, 7) is 7.95. The van der Waals surface area contributed by atoms with Gasteiger partial charge in [-0.25, -0.2) is 32.0 Å². The fraction of sp³-hybridized carbons (Fsp3) is 0.683. The van der Waals surface area contributed by atoms with Gasteiger partial charge in [0.1, 0.15) is 41.3 Å². The Morgan fingerprint density at radius 1 is 1.10 bits per heavy atom. The number of halogens is 2. The zero-order chi connectivity index (χ0) is 43.8. The highest BCUT2D eigenvalue weighted by atomic mass is 32.2. The summed E-state index contributed by atoms with van der Waals surface area (Å²) in [5.41, 5.74) is -1.81. The van der Waals surface area contributed by atoms with Crippen molar-refractivity contribution in [3.8, 4) is 17.7 Å². The Morgan fingerprint density at radius 2 is 1.80 bits per heavy atom. The smallest absolute Gasteiger partial charge is 0.408 e. The lowest BCUT2D eigenvalue weighted by molar-refractivity contribution is -0.144. The van der Waals surface area contributed by atoms with Crippen LogP contribution < -0.4 is 24.8 Å². The summed E-state index contributed by atoms with van der Waals surface area (Å²) < 4.78 is 73.3. The molecule has 1 saturated heterocycles. The number of aryl methyl sites for hydroxylation is 1. The van der Waals surface area contributed by atoms with Crippen molar-refractivity contribution in [3.63, 3.8) is 0 Å². The van der Waals surface area contributed by atoms with Crippen molar-refractivity contribution in [3.05, 3.63) is 23.9 Å². The Hall–Kier alpha value is -4.86. The molecule has 4 aliphatic rings. The highest BCUT2D eigenvalue weighted by Crippen LogP contribution is 2.50. The summed E-state index contributed by atoms with van der Waals surface area (Å²) >= 11 is 0. The number of cyclic esters (lactones) is 1. The van der Waals surface area contributed by atoms with Crippen molar-refractivity contribution in [1.29, 1.82) is 5.26 Å². The third kappa shape index (κ3) is 9.37. The third-order valence-electron chi connectivity index (χ3n) is 12.3. The van der Waals surface area contributed by atoms with Crippen molar-refractivity contribution in [2.24, 2.45) is 17.3 Å². The second-order valence-corrected chi connectivity index (χ2v) is 20.1. The van der Waals surface area contributed by atoms with Gasteiger partial charge in [-0.3, -0.25) is 19.1 Å². The number of alkyl carbamates (subject to hydrolysis) is 1. The van der Waals surface area contributed by atoms with E-state index < -0.39 is 98.5 Å². The molecule has 16 nitrogen and oxygen atoms in total. The molecule has 19 heteroatoms. The molecule has 3 N–H and O–H groups in total. The number of nitriles is 1. The second kappa shape index (κ2) is 17.3. The van der Waals surface area contributed by atoms with Crippen LogP contribution in [0.3, 0.4) is 0 Å². The molecular formula is C41H55F2N7O9S. The topological polar surface area (TPSA) is 219 Å². The van der Waals surface area contributed by atoms with Crippen molar-refractivity contribution in [2.75, 3.05) is 13.7 Å². The van der Waals surface area contributed by atoms with Crippen LogP contribution in [0, 0.1) is 28.6 Å². The molecule has 0 unspecified atom stereocenters. The minimum atomic E-state index is -4.30. The van der Waals surface area contributed by atoms with Crippen LogP contribution in [0.5, 0.6) is 11.6 Å². The molecule has 2 aromatic rings. The first-order valence-corrected chi connectivity index (χ1v) is 22.0. The number of hydrogen-bond acceptors (Lipinski definition) is 12. The van der Waals surface area contributed by atoms with E-state index in [1.807, 2.05) is 4.72 Å². The number of nitrogens with zero attached hydrogens (tertiary/aromatic N) is 4. The summed E-state index contributed by atoms with van der Waals surface area (Å²) in [5.74, 6) is -5.42. The van der Waals surface area contributed by atoms with E-state index in [2.05, 4.69) is 16.7 Å². The Labute approximate surface area is 348 Å². The number of benzene rings is 1. The number of fused-ring (bicyclic) bond motifs is 4. The van der Waals surface area contributed by atoms with Gasteiger partial charge >= 0.3 is 6.09 Å². The molecule has 2 aliphatic carbocycles. The highest BCUT2D eigenvalue weighted by Gasteiger charge is 2.68. The Bertz CT molecular complexity index is 2140. The third-order valence-corrected chi connectivity index (χ3v) is 14.4. The number of ether oxygens (including phenoxy) is 3. The number of aromatic nitrogens is 2. The van der Waals surface area contributed by atoms with E-state index in [0.717, 1.165) is 37.0 Å². The molecule has 7 atom stereocenters. The number of alkyl halides is 2. The number of carbonyl (C=O) groups excluding carboxylic acids is 4. The monoisotopic (exact) mass is 859 g/mol. The average Bonchev–Trinajstić information content (AvgIpc) is 4.08. The van der Waals surface area contributed by atoms with Crippen molar-refractivity contribution >= 4 is 44.9 Å². The van der Waals surface area contributed by atoms with Crippen molar-refractivity contribution in [1.82, 2.24) is 30.2 Å². The van der Waals surface area contributed by atoms with Crippen LogP contribution in [-0.2, 0) is 35.6 Å². The SMILES string of the molecule is COc1ccc2nc3c(nc2c1)O[C@H]1CN(C(=O)[C@H](C(C)(C)C)NC(=O)O[C@H](C)CCCCCCC3)[C@H](C(=O)N[C@]2(C(=O)NS(=O)(=O)C3(C)CC3)C[C@H]2C(F)F)[C@@H]1CC#N. The van der Waals surface area contributed by atoms with E-state index in [1.54, 1.807) is 45.9 Å². The van der Waals surface area contributed by atoms with Gasteiger partial charge in [0.15, 0.2) is 0 Å². The molecule has 328 valence electrons. The van der Waals surface area contributed by atoms with E-state index in [1.165, 1.54) is 14.0 Å². The second-order valence-electron chi connectivity index (χ2n) is 17.9. The van der Waals surface area contributed by atoms with Gasteiger partial charge in [-0.2, -0.15) is 5.26 Å². The maximum absolute atomic E-state index is 14.9. The zero-order valence-electron chi connectivity index (χ0n) is 34.9. The predicted octanol–water partition coefficient (Wildman–Crippen LogP) is 4.69. The first-order chi connectivity index (χ1) is 28.2. The quantitative estimate of drug-likeness (QED) is 0.329. The molecule has 3 heterocycles. The van der Waals surface area contributed by atoms with E-state index >= 15 is 0 Å². The van der Waals surface area contributed by atoms with Gasteiger partial charge < -0.3 is 29.7 Å². The molecule has 2 aliphatic heterocycles. The maximum Gasteiger partial charge on any atom is 0.408 e. The number of hydrogen-bond donors (Lipinski definition) is 3. The molecule has 4 amide bonds. The normalized spacial score (nSPS) is 28.7. The van der Waals surface area contributed by atoms with Gasteiger partial charge in [-0.15, -0.1) is 0 Å². The molecule has 1 aromatic heterocycles. The average molecular weight is 860 g/mol. The summed E-state index contributed by atoms with van der Waals surface area (Å²) in [5, 5.41) is 15.3. The van der Waals surface area contributed by atoms with E-state index in [0.29, 0.717) is 35.3 Å². The summed E-state index contributed by atoms with van der Waals surface area (Å²) in [6, 6.07) is 4.33. The minimum absolute atomic E-state index is 0.104.